The first-order valence-electron chi connectivity index (χ1n) is 15.3. The number of amides is 2. The molecule has 1 aliphatic heterocycles. The van der Waals surface area contributed by atoms with Gasteiger partial charge in [-0.3, -0.25) is 9.12 Å². The highest BCUT2D eigenvalue weighted by Gasteiger charge is 2.35. The molecule has 1 saturated heterocycles. The SMILES string of the molecule is CC(C)(C)c1cc(NC(=O)N[C@H]2CC[C@@H](Oc3ccc4nnc(C5(C)CCCN5)n4c3)c3ccccc32)cc(NS(C)(=O)=O)c1. The third-order valence-corrected chi connectivity index (χ3v) is 9.22. The molecule has 238 valence electrons. The van der Waals surface area contributed by atoms with Gasteiger partial charge in [-0.2, -0.15) is 0 Å². The van der Waals surface area contributed by atoms with Crippen LogP contribution in [-0.2, 0) is 21.0 Å². The van der Waals surface area contributed by atoms with Crippen LogP contribution >= 0.6 is 0 Å². The number of urea groups is 1. The highest BCUT2D eigenvalue weighted by molar-refractivity contribution is 7.92. The minimum Gasteiger partial charge on any atom is -0.484 e. The molecule has 0 spiro atoms. The minimum atomic E-state index is -3.49. The van der Waals surface area contributed by atoms with Crippen molar-refractivity contribution < 1.29 is 17.9 Å². The smallest absolute Gasteiger partial charge is 0.319 e. The molecule has 1 fully saturated rings. The first kappa shape index (κ1) is 30.8. The topological polar surface area (TPSA) is 139 Å². The van der Waals surface area contributed by atoms with E-state index in [-0.39, 0.29) is 29.1 Å². The number of nitrogens with zero attached hydrogens (tertiary/aromatic N) is 3. The average molecular weight is 632 g/mol. The number of fused-ring (bicyclic) bond motifs is 2. The van der Waals surface area contributed by atoms with Gasteiger partial charge in [-0.15, -0.1) is 10.2 Å². The Morgan fingerprint density at radius 2 is 1.80 bits per heavy atom. The van der Waals surface area contributed by atoms with Crippen LogP contribution in [0.3, 0.4) is 0 Å². The fourth-order valence-electron chi connectivity index (χ4n) is 6.32. The minimum absolute atomic E-state index is 0.187. The second-order valence-corrected chi connectivity index (χ2v) is 15.1. The number of ether oxygens (including phenoxy) is 1. The molecule has 0 saturated carbocycles. The van der Waals surface area contributed by atoms with Gasteiger partial charge >= 0.3 is 6.03 Å². The van der Waals surface area contributed by atoms with Crippen molar-refractivity contribution in [1.82, 2.24) is 25.2 Å². The molecule has 0 bridgehead atoms. The molecule has 2 aromatic heterocycles. The maximum Gasteiger partial charge on any atom is 0.319 e. The van der Waals surface area contributed by atoms with Gasteiger partial charge < -0.3 is 20.7 Å². The summed E-state index contributed by atoms with van der Waals surface area (Å²) in [5.41, 5.74) is 4.10. The molecule has 11 nitrogen and oxygen atoms in total. The van der Waals surface area contributed by atoms with E-state index in [0.717, 1.165) is 59.6 Å². The summed E-state index contributed by atoms with van der Waals surface area (Å²) in [5.74, 6) is 1.61. The Labute approximate surface area is 264 Å². The van der Waals surface area contributed by atoms with Gasteiger partial charge in [0.05, 0.1) is 29.7 Å². The van der Waals surface area contributed by atoms with Gasteiger partial charge in [-0.1, -0.05) is 45.0 Å². The van der Waals surface area contributed by atoms with Crippen molar-refractivity contribution in [3.63, 3.8) is 0 Å². The monoisotopic (exact) mass is 631 g/mol. The van der Waals surface area contributed by atoms with Crippen molar-refractivity contribution in [2.45, 2.75) is 76.5 Å². The van der Waals surface area contributed by atoms with Crippen molar-refractivity contribution >= 4 is 33.1 Å². The Balaban J connectivity index is 1.19. The number of carbonyl (C=O) groups excluding carboxylic acids is 1. The lowest BCUT2D eigenvalue weighted by atomic mass is 9.85. The zero-order chi connectivity index (χ0) is 32.0. The Kier molecular flexibility index (Phi) is 7.98. The quantitative estimate of drug-likeness (QED) is 0.203. The van der Waals surface area contributed by atoms with E-state index >= 15 is 0 Å². The summed E-state index contributed by atoms with van der Waals surface area (Å²) >= 11 is 0. The molecule has 2 aromatic carbocycles. The van der Waals surface area contributed by atoms with Gasteiger partial charge in [0.15, 0.2) is 11.5 Å². The molecule has 2 aliphatic rings. The summed E-state index contributed by atoms with van der Waals surface area (Å²) in [4.78, 5) is 13.3. The number of hydrogen-bond donors (Lipinski definition) is 4. The summed E-state index contributed by atoms with van der Waals surface area (Å²) < 4.78 is 34.9. The number of benzene rings is 2. The molecule has 0 radical (unpaired) electrons. The summed E-state index contributed by atoms with van der Waals surface area (Å²) in [5, 5.41) is 18.5. The first-order valence-corrected chi connectivity index (χ1v) is 17.2. The third kappa shape index (κ3) is 6.76. The number of aromatic nitrogens is 3. The van der Waals surface area contributed by atoms with Crippen LogP contribution < -0.4 is 25.4 Å². The number of hydrogen-bond acceptors (Lipinski definition) is 7. The average Bonchev–Trinajstić information content (AvgIpc) is 3.60. The molecule has 12 heteroatoms. The summed E-state index contributed by atoms with van der Waals surface area (Å²) in [6.07, 6.45) is 6.36. The standard InChI is InChI=1S/C33H41N7O4S/c1-32(2,3)21-17-22(19-23(18-21)39-45(5,42)43)35-31(41)36-27-12-13-28(26-10-7-6-9-25(26)27)44-24-11-14-29-37-38-30(40(29)20-24)33(4)15-8-16-34-33/h6-7,9-11,14,17-20,27-28,34,39H,8,12-13,15-16H2,1-5H3,(H2,35,36,41)/t27-,28+,33?/m0/s1. The molecule has 6 rings (SSSR count). The number of anilines is 2. The number of pyridine rings is 1. The van der Waals surface area contributed by atoms with Crippen molar-refractivity contribution in [3.8, 4) is 5.75 Å². The van der Waals surface area contributed by atoms with Gasteiger partial charge in [0.25, 0.3) is 0 Å². The van der Waals surface area contributed by atoms with Crippen LogP contribution in [0.25, 0.3) is 5.65 Å². The molecular formula is C33H41N7O4S. The Morgan fingerprint density at radius 3 is 2.51 bits per heavy atom. The van der Waals surface area contributed by atoms with Crippen LogP contribution in [0.2, 0.25) is 0 Å². The fourth-order valence-corrected chi connectivity index (χ4v) is 6.87. The number of sulfonamides is 1. The van der Waals surface area contributed by atoms with Crippen LogP contribution in [0, 0.1) is 0 Å². The van der Waals surface area contributed by atoms with Gasteiger partial charge in [0, 0.05) is 5.69 Å². The molecule has 4 N–H and O–H groups in total. The highest BCUT2D eigenvalue weighted by Crippen LogP contribution is 2.39. The fraction of sp³-hybridized carbons (Fsp3) is 0.424. The summed E-state index contributed by atoms with van der Waals surface area (Å²) in [6.45, 7) is 9.22. The molecule has 4 aromatic rings. The predicted molar refractivity (Wildman–Crippen MR) is 175 cm³/mol. The van der Waals surface area contributed by atoms with Crippen molar-refractivity contribution in [1.29, 1.82) is 0 Å². The van der Waals surface area contributed by atoms with Crippen molar-refractivity contribution in [3.05, 3.63) is 83.3 Å². The van der Waals surface area contributed by atoms with E-state index in [1.807, 2.05) is 73.8 Å². The molecule has 1 aliphatic carbocycles. The highest BCUT2D eigenvalue weighted by atomic mass is 32.2. The van der Waals surface area contributed by atoms with Gasteiger partial charge in [-0.05, 0) is 91.6 Å². The van der Waals surface area contributed by atoms with E-state index in [9.17, 15) is 13.2 Å². The van der Waals surface area contributed by atoms with Crippen LogP contribution in [0.1, 0.15) is 88.0 Å². The lowest BCUT2D eigenvalue weighted by Gasteiger charge is -2.32. The van der Waals surface area contributed by atoms with E-state index in [1.54, 1.807) is 12.1 Å². The maximum atomic E-state index is 13.3. The third-order valence-electron chi connectivity index (χ3n) is 8.62. The molecular weight excluding hydrogens is 590 g/mol. The van der Waals surface area contributed by atoms with Crippen LogP contribution in [0.4, 0.5) is 16.2 Å². The molecule has 2 amide bonds. The lowest BCUT2D eigenvalue weighted by Crippen LogP contribution is -2.35. The molecule has 3 heterocycles. The zero-order valence-electron chi connectivity index (χ0n) is 26.3. The van der Waals surface area contributed by atoms with E-state index in [4.69, 9.17) is 4.74 Å². The Hall–Kier alpha value is -4.16. The lowest BCUT2D eigenvalue weighted by molar-refractivity contribution is 0.171. The van der Waals surface area contributed by atoms with Crippen LogP contribution in [0.5, 0.6) is 5.75 Å². The molecule has 1 unspecified atom stereocenters. The van der Waals surface area contributed by atoms with E-state index in [1.165, 1.54) is 0 Å². The number of nitrogens with one attached hydrogen (secondary N) is 4. The summed E-state index contributed by atoms with van der Waals surface area (Å²) in [6, 6.07) is 16.6. The predicted octanol–water partition coefficient (Wildman–Crippen LogP) is 5.77. The normalized spacial score (nSPS) is 21.7. The number of carbonyl (C=O) groups is 1. The van der Waals surface area contributed by atoms with Crippen LogP contribution in [0.15, 0.2) is 60.8 Å². The second-order valence-electron chi connectivity index (χ2n) is 13.4. The van der Waals surface area contributed by atoms with Gasteiger partial charge in [0.2, 0.25) is 10.0 Å². The van der Waals surface area contributed by atoms with Gasteiger partial charge in [-0.25, -0.2) is 13.2 Å². The van der Waals surface area contributed by atoms with Crippen molar-refractivity contribution in [2.24, 2.45) is 0 Å². The molecule has 45 heavy (non-hydrogen) atoms. The maximum absolute atomic E-state index is 13.3. The van der Waals surface area contributed by atoms with E-state index in [2.05, 4.69) is 37.8 Å². The van der Waals surface area contributed by atoms with Gasteiger partial charge in [0.1, 0.15) is 11.9 Å². The first-order chi connectivity index (χ1) is 21.3. The largest absolute Gasteiger partial charge is 0.484 e. The summed E-state index contributed by atoms with van der Waals surface area (Å²) in [7, 11) is -3.49. The van der Waals surface area contributed by atoms with Crippen LogP contribution in [-0.4, -0.2) is 41.8 Å². The zero-order valence-corrected chi connectivity index (χ0v) is 27.2. The van der Waals surface area contributed by atoms with Crippen molar-refractivity contribution in [2.75, 3.05) is 22.8 Å². The Bertz CT molecular complexity index is 1840. The van der Waals surface area contributed by atoms with E-state index in [0.29, 0.717) is 24.2 Å². The van der Waals surface area contributed by atoms with E-state index < -0.39 is 10.0 Å². The Morgan fingerprint density at radius 1 is 1.04 bits per heavy atom. The molecule has 3 atom stereocenters. The number of rotatable bonds is 7. The second kappa shape index (κ2) is 11.6.